The van der Waals surface area contributed by atoms with Crippen molar-refractivity contribution in [2.24, 2.45) is 5.92 Å². The summed E-state index contributed by atoms with van der Waals surface area (Å²) in [4.78, 5) is 31.6. The van der Waals surface area contributed by atoms with Crippen LogP contribution in [0.1, 0.15) is 56.6 Å². The van der Waals surface area contributed by atoms with E-state index in [1.54, 1.807) is 12.3 Å². The lowest BCUT2D eigenvalue weighted by atomic mass is 10.2. The van der Waals surface area contributed by atoms with Gasteiger partial charge in [-0.15, -0.1) is 0 Å². The Morgan fingerprint density at radius 3 is 1.64 bits per heavy atom. The van der Waals surface area contributed by atoms with Gasteiger partial charge in [0.2, 0.25) is 5.95 Å². The van der Waals surface area contributed by atoms with Gasteiger partial charge in [-0.2, -0.15) is 40.9 Å². The molecule has 4 aromatic heterocycles. The fraction of sp³-hybridized carbons (Fsp3) is 0.333. The van der Waals surface area contributed by atoms with E-state index in [0.29, 0.717) is 17.0 Å². The predicted molar refractivity (Wildman–Crippen MR) is 141 cm³/mol. The van der Waals surface area contributed by atoms with Crippen molar-refractivity contribution in [3.8, 4) is 0 Å². The van der Waals surface area contributed by atoms with Crippen molar-refractivity contribution in [2.75, 3.05) is 18.0 Å². The Kier molecular flexibility index (Phi) is 9.43. The number of pyridine rings is 2. The van der Waals surface area contributed by atoms with Gasteiger partial charge < -0.3 is 15.1 Å². The van der Waals surface area contributed by atoms with Crippen LogP contribution in [0.5, 0.6) is 0 Å². The van der Waals surface area contributed by atoms with E-state index in [2.05, 4.69) is 32.0 Å². The molecule has 18 heteroatoms. The normalized spacial score (nSPS) is 15.1. The number of rotatable bonds is 7. The Balaban J connectivity index is 0.000000210. The molecule has 0 saturated carbocycles. The van der Waals surface area contributed by atoms with Gasteiger partial charge in [0.05, 0.1) is 13.1 Å². The molecule has 11 nitrogen and oxygen atoms in total. The van der Waals surface area contributed by atoms with E-state index in [4.69, 9.17) is 10.2 Å². The first kappa shape index (κ1) is 32.9. The quantitative estimate of drug-likeness (QED) is 0.209. The maximum absolute atomic E-state index is 12.9. The molecular formula is C27H24F7N7O4. The zero-order valence-electron chi connectivity index (χ0n) is 23.2. The first-order valence-electron chi connectivity index (χ1n) is 13.1. The number of halogens is 7. The number of carboxylic acids is 2. The predicted octanol–water partition coefficient (Wildman–Crippen LogP) is 5.07. The number of aromatic carboxylic acids is 2. The second-order valence-corrected chi connectivity index (χ2v) is 10.1. The molecule has 240 valence electrons. The highest BCUT2D eigenvalue weighted by molar-refractivity contribution is 5.89. The van der Waals surface area contributed by atoms with Gasteiger partial charge in [0.1, 0.15) is 16.9 Å². The first-order valence-corrected chi connectivity index (χ1v) is 13.1. The number of hydrogen-bond donors (Lipinski definition) is 2. The van der Waals surface area contributed by atoms with Crippen molar-refractivity contribution in [1.29, 1.82) is 0 Å². The average Bonchev–Trinajstić information content (AvgIpc) is 3.69. The molecule has 2 N–H and O–H groups in total. The summed E-state index contributed by atoms with van der Waals surface area (Å²) in [6, 6.07) is 5.94. The van der Waals surface area contributed by atoms with Crippen molar-refractivity contribution >= 4 is 17.8 Å². The second kappa shape index (κ2) is 12.9. The van der Waals surface area contributed by atoms with E-state index in [1.807, 2.05) is 6.07 Å². The summed E-state index contributed by atoms with van der Waals surface area (Å²) in [5.41, 5.74) is -3.63. The molecule has 5 heterocycles. The molecule has 0 radical (unpaired) electrons. The third-order valence-electron chi connectivity index (χ3n) is 6.56. The SMILES string of the molecule is C[C@H]1CCN(c2ccc(Cn3cc(C(=O)O)c(C(F)(F)F)n3)cn2)C1.O=C(O)c1cn(Cc2ccc(F)nc2)nc1C(F)(F)F. The number of hydrogen-bond acceptors (Lipinski definition) is 7. The van der Waals surface area contributed by atoms with Crippen molar-refractivity contribution in [2.45, 2.75) is 38.8 Å². The summed E-state index contributed by atoms with van der Waals surface area (Å²) >= 11 is 0. The van der Waals surface area contributed by atoms with Crippen LogP contribution in [0, 0.1) is 11.9 Å². The largest absolute Gasteiger partial charge is 0.478 e. The lowest BCUT2D eigenvalue weighted by Gasteiger charge is -2.17. The fourth-order valence-electron chi connectivity index (χ4n) is 4.45. The van der Waals surface area contributed by atoms with Gasteiger partial charge in [-0.25, -0.2) is 19.6 Å². The second-order valence-electron chi connectivity index (χ2n) is 10.1. The van der Waals surface area contributed by atoms with Crippen LogP contribution in [-0.4, -0.2) is 64.8 Å². The Hall–Kier alpha value is -5.03. The monoisotopic (exact) mass is 643 g/mol. The number of anilines is 1. The van der Waals surface area contributed by atoms with Crippen molar-refractivity contribution in [3.05, 3.63) is 88.6 Å². The Labute approximate surface area is 249 Å². The summed E-state index contributed by atoms with van der Waals surface area (Å²) in [7, 11) is 0. The molecule has 0 amide bonds. The average molecular weight is 644 g/mol. The van der Waals surface area contributed by atoms with Gasteiger partial charge in [0.15, 0.2) is 11.4 Å². The third-order valence-corrected chi connectivity index (χ3v) is 6.56. The van der Waals surface area contributed by atoms with E-state index >= 15 is 0 Å². The van der Waals surface area contributed by atoms with Crippen LogP contribution in [-0.2, 0) is 25.4 Å². The van der Waals surface area contributed by atoms with Gasteiger partial charge in [-0.05, 0) is 35.6 Å². The standard InChI is InChI=1S/C16H17F3N4O2.C11H7F4N3O2/c1-10-4-5-22(7-10)13-3-2-11(6-20-13)8-23-9-12(15(24)25)14(21-23)16(17,18)19;12-8-2-1-6(3-16-8)4-18-5-7(10(19)20)9(17-18)11(13,14)15/h2-3,6,9-10H,4-5,7-8H2,1H3,(H,24,25);1-3,5H,4H2,(H,19,20)/t10-;/m0./s1. The zero-order valence-corrected chi connectivity index (χ0v) is 23.2. The number of nitrogens with zero attached hydrogens (tertiary/aromatic N) is 7. The Bertz CT molecular complexity index is 1650. The molecule has 1 saturated heterocycles. The summed E-state index contributed by atoms with van der Waals surface area (Å²) in [5.74, 6) is -2.66. The van der Waals surface area contributed by atoms with Crippen molar-refractivity contribution in [1.82, 2.24) is 29.5 Å². The van der Waals surface area contributed by atoms with Crippen LogP contribution < -0.4 is 4.90 Å². The summed E-state index contributed by atoms with van der Waals surface area (Å²) < 4.78 is 90.8. The molecule has 45 heavy (non-hydrogen) atoms. The van der Waals surface area contributed by atoms with E-state index in [9.17, 15) is 40.3 Å². The van der Waals surface area contributed by atoms with E-state index in [-0.39, 0.29) is 13.1 Å². The molecular weight excluding hydrogens is 619 g/mol. The molecule has 1 atom stereocenters. The summed E-state index contributed by atoms with van der Waals surface area (Å²) in [6.45, 7) is 3.90. The molecule has 0 spiro atoms. The minimum absolute atomic E-state index is 0.0139. The van der Waals surface area contributed by atoms with Crippen molar-refractivity contribution in [3.63, 3.8) is 0 Å². The van der Waals surface area contributed by atoms with Gasteiger partial charge in [0.25, 0.3) is 0 Å². The Morgan fingerprint density at radius 2 is 1.31 bits per heavy atom. The van der Waals surface area contributed by atoms with Crippen LogP contribution in [0.3, 0.4) is 0 Å². The van der Waals surface area contributed by atoms with E-state index in [0.717, 1.165) is 59.3 Å². The van der Waals surface area contributed by atoms with Crippen molar-refractivity contribution < 1.29 is 50.5 Å². The van der Waals surface area contributed by atoms with Gasteiger partial charge >= 0.3 is 24.3 Å². The maximum Gasteiger partial charge on any atom is 0.436 e. The summed E-state index contributed by atoms with van der Waals surface area (Å²) in [6.07, 6.45) is -4.20. The van der Waals surface area contributed by atoms with Crippen LogP contribution in [0.25, 0.3) is 0 Å². The van der Waals surface area contributed by atoms with E-state index in [1.165, 1.54) is 6.07 Å². The number of aromatic nitrogens is 6. The summed E-state index contributed by atoms with van der Waals surface area (Å²) in [5, 5.41) is 24.2. The fourth-order valence-corrected chi connectivity index (χ4v) is 4.45. The molecule has 1 aliphatic heterocycles. The molecule has 1 fully saturated rings. The maximum atomic E-state index is 12.9. The molecule has 5 rings (SSSR count). The molecule has 0 bridgehead atoms. The minimum atomic E-state index is -4.86. The number of alkyl halides is 6. The first-order chi connectivity index (χ1) is 21.0. The molecule has 4 aromatic rings. The lowest BCUT2D eigenvalue weighted by molar-refractivity contribution is -0.142. The molecule has 0 unspecified atom stereocenters. The van der Waals surface area contributed by atoms with Crippen LogP contribution in [0.2, 0.25) is 0 Å². The highest BCUT2D eigenvalue weighted by atomic mass is 19.4. The third kappa shape index (κ3) is 8.33. The molecule has 1 aliphatic rings. The minimum Gasteiger partial charge on any atom is -0.478 e. The number of carbonyl (C=O) groups is 2. The van der Waals surface area contributed by atoms with Crippen LogP contribution in [0.15, 0.2) is 49.1 Å². The highest BCUT2D eigenvalue weighted by Gasteiger charge is 2.40. The topological polar surface area (TPSA) is 139 Å². The lowest BCUT2D eigenvalue weighted by Crippen LogP contribution is -2.20. The van der Waals surface area contributed by atoms with Gasteiger partial charge in [-0.1, -0.05) is 19.1 Å². The number of carboxylic acid groups (broad SMARTS) is 2. The highest BCUT2D eigenvalue weighted by Crippen LogP contribution is 2.32. The van der Waals surface area contributed by atoms with Gasteiger partial charge in [-0.3, -0.25) is 9.36 Å². The Morgan fingerprint density at radius 1 is 0.822 bits per heavy atom. The molecule has 0 aromatic carbocycles. The molecule has 0 aliphatic carbocycles. The smallest absolute Gasteiger partial charge is 0.436 e. The van der Waals surface area contributed by atoms with E-state index < -0.39 is 52.8 Å². The van der Waals surface area contributed by atoms with Gasteiger partial charge in [0, 0.05) is 37.9 Å². The van der Waals surface area contributed by atoms with Crippen LogP contribution in [0.4, 0.5) is 36.6 Å². The zero-order chi connectivity index (χ0) is 33.1. The van der Waals surface area contributed by atoms with Crippen LogP contribution >= 0.6 is 0 Å².